The Balaban J connectivity index is 2.02. The van der Waals surface area contributed by atoms with E-state index in [1.807, 2.05) is 0 Å². The molecule has 0 saturated heterocycles. The summed E-state index contributed by atoms with van der Waals surface area (Å²) in [6.07, 6.45) is 3.33. The lowest BCUT2D eigenvalue weighted by atomic mass is 10.0. The van der Waals surface area contributed by atoms with E-state index >= 15 is 0 Å². The molecule has 1 amide bonds. The van der Waals surface area contributed by atoms with E-state index in [9.17, 15) is 9.18 Å². The zero-order valence-corrected chi connectivity index (χ0v) is 9.92. The van der Waals surface area contributed by atoms with Crippen molar-refractivity contribution >= 4 is 11.6 Å². The number of halogens is 1. The molecule has 92 valence electrons. The first-order valence-electron chi connectivity index (χ1n) is 5.89. The van der Waals surface area contributed by atoms with E-state index in [4.69, 9.17) is 5.73 Å². The number of hydrogen-bond acceptors (Lipinski definition) is 2. The highest BCUT2D eigenvalue weighted by Crippen LogP contribution is 2.47. The highest BCUT2D eigenvalue weighted by molar-refractivity contribution is 5.95. The van der Waals surface area contributed by atoms with Gasteiger partial charge in [0.25, 0.3) is 5.91 Å². The van der Waals surface area contributed by atoms with E-state index in [0.717, 1.165) is 19.3 Å². The smallest absolute Gasteiger partial charge is 0.254 e. The number of carbonyl (C=O) groups excluding carboxylic acids is 1. The quantitative estimate of drug-likeness (QED) is 0.788. The van der Waals surface area contributed by atoms with Gasteiger partial charge in [0.05, 0.1) is 5.56 Å². The molecule has 2 rings (SSSR count). The van der Waals surface area contributed by atoms with Gasteiger partial charge in [0, 0.05) is 12.2 Å². The fourth-order valence-electron chi connectivity index (χ4n) is 1.91. The van der Waals surface area contributed by atoms with Crippen molar-refractivity contribution in [3.63, 3.8) is 0 Å². The monoisotopic (exact) mass is 236 g/mol. The summed E-state index contributed by atoms with van der Waals surface area (Å²) in [5, 5.41) is 2.79. The van der Waals surface area contributed by atoms with Gasteiger partial charge in [-0.15, -0.1) is 0 Å². The topological polar surface area (TPSA) is 55.1 Å². The van der Waals surface area contributed by atoms with Crippen LogP contribution in [0.3, 0.4) is 0 Å². The summed E-state index contributed by atoms with van der Waals surface area (Å²) in [5.74, 6) is -0.910. The van der Waals surface area contributed by atoms with E-state index in [2.05, 4.69) is 12.2 Å². The summed E-state index contributed by atoms with van der Waals surface area (Å²) >= 11 is 0. The Morgan fingerprint density at radius 3 is 2.82 bits per heavy atom. The van der Waals surface area contributed by atoms with E-state index in [-0.39, 0.29) is 16.9 Å². The molecule has 1 aromatic carbocycles. The number of rotatable bonds is 4. The molecule has 3 nitrogen and oxygen atoms in total. The molecule has 1 aliphatic carbocycles. The third-order valence-electron chi connectivity index (χ3n) is 3.57. The first kappa shape index (κ1) is 11.9. The molecule has 0 spiro atoms. The number of nitrogens with two attached hydrogens (primary N) is 1. The Morgan fingerprint density at radius 2 is 2.24 bits per heavy atom. The highest BCUT2D eigenvalue weighted by Gasteiger charge is 2.40. The molecular formula is C13H17FN2O. The molecule has 17 heavy (non-hydrogen) atoms. The van der Waals surface area contributed by atoms with Crippen LogP contribution in [0.5, 0.6) is 0 Å². The molecule has 0 heterocycles. The lowest BCUT2D eigenvalue weighted by molar-refractivity contribution is 0.0940. The highest BCUT2D eigenvalue weighted by atomic mass is 19.1. The summed E-state index contributed by atoms with van der Waals surface area (Å²) in [5.41, 5.74) is 6.22. The fourth-order valence-corrected chi connectivity index (χ4v) is 1.91. The predicted octanol–water partition coefficient (Wildman–Crippen LogP) is 2.33. The Labute approximate surface area is 100 Å². The maximum absolute atomic E-state index is 13.4. The molecule has 0 radical (unpaired) electrons. The van der Waals surface area contributed by atoms with Crippen LogP contribution in [0, 0.1) is 11.2 Å². The van der Waals surface area contributed by atoms with Gasteiger partial charge in [0.15, 0.2) is 0 Å². The maximum Gasteiger partial charge on any atom is 0.254 e. The van der Waals surface area contributed by atoms with Crippen molar-refractivity contribution in [2.75, 3.05) is 12.3 Å². The summed E-state index contributed by atoms with van der Waals surface area (Å²) in [7, 11) is 0. The van der Waals surface area contributed by atoms with Crippen LogP contribution in [0.2, 0.25) is 0 Å². The average Bonchev–Trinajstić information content (AvgIpc) is 3.10. The second kappa shape index (κ2) is 4.35. The van der Waals surface area contributed by atoms with Gasteiger partial charge >= 0.3 is 0 Å². The average molecular weight is 236 g/mol. The van der Waals surface area contributed by atoms with Gasteiger partial charge in [-0.2, -0.15) is 0 Å². The normalized spacial score (nSPS) is 16.6. The number of benzene rings is 1. The minimum absolute atomic E-state index is 0.0249. The third-order valence-corrected chi connectivity index (χ3v) is 3.57. The lowest BCUT2D eigenvalue weighted by Crippen LogP contribution is -2.30. The number of anilines is 1. The molecule has 0 aliphatic heterocycles. The van der Waals surface area contributed by atoms with Crippen LogP contribution < -0.4 is 11.1 Å². The molecule has 4 heteroatoms. The van der Waals surface area contributed by atoms with Gasteiger partial charge in [0.1, 0.15) is 5.82 Å². The number of carbonyl (C=O) groups is 1. The number of nitrogens with one attached hydrogen (secondary N) is 1. The number of amides is 1. The van der Waals surface area contributed by atoms with Crippen molar-refractivity contribution in [1.82, 2.24) is 5.32 Å². The summed E-state index contributed by atoms with van der Waals surface area (Å²) in [6.45, 7) is 2.73. The van der Waals surface area contributed by atoms with Crippen LogP contribution >= 0.6 is 0 Å². The Bertz CT molecular complexity index is 441. The Morgan fingerprint density at radius 1 is 1.53 bits per heavy atom. The maximum atomic E-state index is 13.4. The first-order valence-corrected chi connectivity index (χ1v) is 5.89. The molecule has 0 atom stereocenters. The molecule has 1 aliphatic rings. The summed E-state index contributed by atoms with van der Waals surface area (Å²) in [6, 6.07) is 4.04. The van der Waals surface area contributed by atoms with Gasteiger partial charge in [-0.1, -0.05) is 6.92 Å². The first-order chi connectivity index (χ1) is 8.06. The molecule has 1 aromatic rings. The van der Waals surface area contributed by atoms with Crippen molar-refractivity contribution in [3.05, 3.63) is 29.6 Å². The minimum Gasteiger partial charge on any atom is -0.399 e. The number of nitrogen functional groups attached to an aromatic ring is 1. The van der Waals surface area contributed by atoms with E-state index in [1.54, 1.807) is 0 Å². The zero-order valence-electron chi connectivity index (χ0n) is 9.92. The van der Waals surface area contributed by atoms with Crippen molar-refractivity contribution < 1.29 is 9.18 Å². The largest absolute Gasteiger partial charge is 0.399 e. The van der Waals surface area contributed by atoms with Crippen molar-refractivity contribution in [2.24, 2.45) is 5.41 Å². The van der Waals surface area contributed by atoms with Gasteiger partial charge in [-0.3, -0.25) is 4.79 Å². The van der Waals surface area contributed by atoms with Crippen LogP contribution in [0.15, 0.2) is 18.2 Å². The standard InChI is InChI=1S/C13H17FN2O/c1-2-13(5-6-13)8-16-12(17)10-7-9(15)3-4-11(10)14/h3-4,7H,2,5-6,8,15H2,1H3,(H,16,17). The minimum atomic E-state index is -0.530. The molecule has 1 fully saturated rings. The zero-order chi connectivity index (χ0) is 12.5. The predicted molar refractivity (Wildman–Crippen MR) is 65.1 cm³/mol. The summed E-state index contributed by atoms with van der Waals surface area (Å²) in [4.78, 5) is 11.8. The molecular weight excluding hydrogens is 219 g/mol. The van der Waals surface area contributed by atoms with Crippen molar-refractivity contribution in [1.29, 1.82) is 0 Å². The second-order valence-corrected chi connectivity index (χ2v) is 4.78. The molecule has 0 unspecified atom stereocenters. The summed E-state index contributed by atoms with van der Waals surface area (Å²) < 4.78 is 13.4. The van der Waals surface area contributed by atoms with Crippen molar-refractivity contribution in [2.45, 2.75) is 26.2 Å². The van der Waals surface area contributed by atoms with Crippen molar-refractivity contribution in [3.8, 4) is 0 Å². The lowest BCUT2D eigenvalue weighted by Gasteiger charge is -2.13. The fraction of sp³-hybridized carbons (Fsp3) is 0.462. The second-order valence-electron chi connectivity index (χ2n) is 4.78. The molecule has 3 N–H and O–H groups in total. The Hall–Kier alpha value is -1.58. The van der Waals surface area contributed by atoms with E-state index < -0.39 is 5.82 Å². The van der Waals surface area contributed by atoms with Gasteiger partial charge in [0.2, 0.25) is 0 Å². The third kappa shape index (κ3) is 2.57. The Kier molecular flexibility index (Phi) is 3.05. The van der Waals surface area contributed by atoms with Crippen LogP contribution in [-0.2, 0) is 0 Å². The van der Waals surface area contributed by atoms with Crippen LogP contribution in [0.1, 0.15) is 36.5 Å². The van der Waals surface area contributed by atoms with Gasteiger partial charge < -0.3 is 11.1 Å². The SMILES string of the molecule is CCC1(CNC(=O)c2cc(N)ccc2F)CC1. The van der Waals surface area contributed by atoms with Crippen LogP contribution in [-0.4, -0.2) is 12.5 Å². The van der Waals surface area contributed by atoms with Gasteiger partial charge in [-0.05, 0) is 42.9 Å². The molecule has 1 saturated carbocycles. The molecule has 0 bridgehead atoms. The molecule has 0 aromatic heterocycles. The number of hydrogen-bond donors (Lipinski definition) is 2. The van der Waals surface area contributed by atoms with Crippen LogP contribution in [0.25, 0.3) is 0 Å². The van der Waals surface area contributed by atoms with E-state index in [1.165, 1.54) is 18.2 Å². The van der Waals surface area contributed by atoms with Crippen LogP contribution in [0.4, 0.5) is 10.1 Å². The van der Waals surface area contributed by atoms with Gasteiger partial charge in [-0.25, -0.2) is 4.39 Å². The van der Waals surface area contributed by atoms with E-state index in [0.29, 0.717) is 12.2 Å².